The van der Waals surface area contributed by atoms with E-state index in [2.05, 4.69) is 4.72 Å². The van der Waals surface area contributed by atoms with Gasteiger partial charge < -0.3 is 4.74 Å². The van der Waals surface area contributed by atoms with Gasteiger partial charge in [-0.3, -0.25) is 4.72 Å². The minimum Gasteiger partial charge on any atom is -0.494 e. The van der Waals surface area contributed by atoms with E-state index in [9.17, 15) is 16.8 Å². The number of anilines is 1. The Kier molecular flexibility index (Phi) is 6.85. The van der Waals surface area contributed by atoms with Crippen LogP contribution in [0.2, 0.25) is 0 Å². The van der Waals surface area contributed by atoms with Crippen molar-refractivity contribution in [2.24, 2.45) is 0 Å². The zero-order valence-corrected chi connectivity index (χ0v) is 17.2. The minimum absolute atomic E-state index is 0.0887. The van der Waals surface area contributed by atoms with E-state index in [-0.39, 0.29) is 15.5 Å². The summed E-state index contributed by atoms with van der Waals surface area (Å²) in [5, 5.41) is 0. The van der Waals surface area contributed by atoms with Crippen LogP contribution in [0.1, 0.15) is 20.8 Å². The van der Waals surface area contributed by atoms with Crippen LogP contribution >= 0.6 is 0 Å². The molecule has 0 fully saturated rings. The first kappa shape index (κ1) is 21.2. The van der Waals surface area contributed by atoms with Crippen molar-refractivity contribution in [2.75, 3.05) is 24.4 Å². The predicted octanol–water partition coefficient (Wildman–Crippen LogP) is 2.92. The molecule has 0 aliphatic heterocycles. The van der Waals surface area contributed by atoms with Crippen LogP contribution in [0.4, 0.5) is 5.69 Å². The van der Waals surface area contributed by atoms with Gasteiger partial charge in [0.15, 0.2) is 0 Å². The average molecular weight is 413 g/mol. The zero-order chi connectivity index (χ0) is 20.1. The Bertz CT molecular complexity index is 950. The molecule has 2 aromatic carbocycles. The monoisotopic (exact) mass is 412 g/mol. The first-order chi connectivity index (χ1) is 12.7. The van der Waals surface area contributed by atoms with Gasteiger partial charge in [0.25, 0.3) is 10.0 Å². The fourth-order valence-corrected chi connectivity index (χ4v) is 5.02. The molecule has 0 saturated carbocycles. The van der Waals surface area contributed by atoms with Crippen molar-refractivity contribution < 1.29 is 21.6 Å². The lowest BCUT2D eigenvalue weighted by molar-refractivity contribution is 0.340. The molecule has 1 N–H and O–H groups in total. The maximum atomic E-state index is 12.5. The highest BCUT2D eigenvalue weighted by Crippen LogP contribution is 2.22. The molecule has 2 rings (SSSR count). The highest BCUT2D eigenvalue weighted by molar-refractivity contribution is 7.92. The molecule has 7 nitrogen and oxygen atoms in total. The zero-order valence-electron chi connectivity index (χ0n) is 15.5. The molecule has 2 aromatic rings. The smallest absolute Gasteiger partial charge is 0.261 e. The van der Waals surface area contributed by atoms with E-state index in [4.69, 9.17) is 4.74 Å². The average Bonchev–Trinajstić information content (AvgIpc) is 2.63. The molecule has 0 aromatic heterocycles. The molecule has 0 radical (unpaired) electrons. The van der Waals surface area contributed by atoms with Gasteiger partial charge >= 0.3 is 0 Å². The number of nitrogens with zero attached hydrogens (tertiary/aromatic N) is 1. The van der Waals surface area contributed by atoms with E-state index in [0.717, 1.165) is 0 Å². The summed E-state index contributed by atoms with van der Waals surface area (Å²) in [6, 6.07) is 11.7. The topological polar surface area (TPSA) is 92.8 Å². The van der Waals surface area contributed by atoms with Gasteiger partial charge in [0.2, 0.25) is 10.0 Å². The van der Waals surface area contributed by atoms with Crippen LogP contribution < -0.4 is 9.46 Å². The Hall–Kier alpha value is -2.10. The third-order valence-electron chi connectivity index (χ3n) is 3.89. The summed E-state index contributed by atoms with van der Waals surface area (Å²) in [6.07, 6.45) is 0. The number of hydrogen-bond acceptors (Lipinski definition) is 5. The first-order valence-corrected chi connectivity index (χ1v) is 11.5. The van der Waals surface area contributed by atoms with Crippen molar-refractivity contribution >= 4 is 25.7 Å². The number of ether oxygens (including phenoxy) is 1. The van der Waals surface area contributed by atoms with Crippen molar-refractivity contribution in [3.63, 3.8) is 0 Å². The summed E-state index contributed by atoms with van der Waals surface area (Å²) >= 11 is 0. The lowest BCUT2D eigenvalue weighted by Gasteiger charge is -2.18. The van der Waals surface area contributed by atoms with Gasteiger partial charge in [0.05, 0.1) is 16.4 Å². The summed E-state index contributed by atoms with van der Waals surface area (Å²) in [6.45, 7) is 6.60. The number of hydrogen-bond donors (Lipinski definition) is 1. The molecular formula is C18H24N2O5S2. The van der Waals surface area contributed by atoms with Gasteiger partial charge in [-0.05, 0) is 55.5 Å². The highest BCUT2D eigenvalue weighted by Gasteiger charge is 2.21. The Morgan fingerprint density at radius 1 is 0.815 bits per heavy atom. The van der Waals surface area contributed by atoms with E-state index >= 15 is 0 Å². The van der Waals surface area contributed by atoms with Crippen molar-refractivity contribution in [3.05, 3.63) is 48.5 Å². The van der Waals surface area contributed by atoms with E-state index in [1.54, 1.807) is 26.0 Å². The summed E-state index contributed by atoms with van der Waals surface area (Å²) in [4.78, 5) is 0.209. The summed E-state index contributed by atoms with van der Waals surface area (Å²) in [5.41, 5.74) is 0.280. The molecule has 0 heterocycles. The van der Waals surface area contributed by atoms with E-state index in [1.165, 1.54) is 40.7 Å². The molecule has 0 aliphatic rings. The van der Waals surface area contributed by atoms with E-state index in [1.807, 2.05) is 6.92 Å². The maximum absolute atomic E-state index is 12.5. The molecular weight excluding hydrogens is 388 g/mol. The van der Waals surface area contributed by atoms with Crippen LogP contribution in [0, 0.1) is 0 Å². The van der Waals surface area contributed by atoms with Gasteiger partial charge in [0, 0.05) is 18.8 Å². The largest absolute Gasteiger partial charge is 0.494 e. The first-order valence-electron chi connectivity index (χ1n) is 8.60. The lowest BCUT2D eigenvalue weighted by atomic mass is 10.3. The lowest BCUT2D eigenvalue weighted by Crippen LogP contribution is -2.30. The SMILES string of the molecule is CCOc1ccc(S(=O)(=O)Nc2ccc(S(=O)(=O)N(CC)CC)cc2)cc1. The van der Waals surface area contributed by atoms with Crippen LogP contribution in [0.5, 0.6) is 5.75 Å². The number of benzene rings is 2. The van der Waals surface area contributed by atoms with Gasteiger partial charge in [-0.2, -0.15) is 4.31 Å². The molecule has 0 saturated heterocycles. The van der Waals surface area contributed by atoms with Crippen LogP contribution in [0.15, 0.2) is 58.3 Å². The van der Waals surface area contributed by atoms with Crippen LogP contribution in [-0.4, -0.2) is 40.8 Å². The van der Waals surface area contributed by atoms with Crippen molar-refractivity contribution in [3.8, 4) is 5.75 Å². The maximum Gasteiger partial charge on any atom is 0.261 e. The Morgan fingerprint density at radius 2 is 1.33 bits per heavy atom. The van der Waals surface area contributed by atoms with Crippen molar-refractivity contribution in [2.45, 2.75) is 30.6 Å². The van der Waals surface area contributed by atoms with Gasteiger partial charge in [-0.15, -0.1) is 0 Å². The number of sulfonamides is 2. The normalized spacial score (nSPS) is 12.1. The molecule has 0 aliphatic carbocycles. The Labute approximate surface area is 161 Å². The predicted molar refractivity (Wildman–Crippen MR) is 105 cm³/mol. The van der Waals surface area contributed by atoms with Crippen LogP contribution in [0.3, 0.4) is 0 Å². The fraction of sp³-hybridized carbons (Fsp3) is 0.333. The second-order valence-corrected chi connectivity index (χ2v) is 9.24. The minimum atomic E-state index is -3.78. The quantitative estimate of drug-likeness (QED) is 0.684. The number of rotatable bonds is 9. The molecule has 0 atom stereocenters. The second-order valence-electron chi connectivity index (χ2n) is 5.62. The van der Waals surface area contributed by atoms with Gasteiger partial charge in [-0.1, -0.05) is 13.8 Å². The summed E-state index contributed by atoms with van der Waals surface area (Å²) in [5.74, 6) is 0.586. The third kappa shape index (κ3) is 5.00. The highest BCUT2D eigenvalue weighted by atomic mass is 32.2. The molecule has 148 valence electrons. The third-order valence-corrected chi connectivity index (χ3v) is 7.36. The summed E-state index contributed by atoms with van der Waals surface area (Å²) < 4.78 is 59.0. The Balaban J connectivity index is 2.20. The molecule has 0 unspecified atom stereocenters. The standard InChI is InChI=1S/C18H24N2O5S2/c1-4-20(5-2)27(23,24)18-11-7-15(8-12-18)19-26(21,22)17-13-9-16(10-14-17)25-6-3/h7-14,19H,4-6H2,1-3H3. The molecule has 9 heteroatoms. The van der Waals surface area contributed by atoms with Crippen LogP contribution in [0.25, 0.3) is 0 Å². The summed E-state index contributed by atoms with van der Waals surface area (Å²) in [7, 11) is -7.37. The molecule has 27 heavy (non-hydrogen) atoms. The van der Waals surface area contributed by atoms with E-state index in [0.29, 0.717) is 25.4 Å². The van der Waals surface area contributed by atoms with Gasteiger partial charge in [0.1, 0.15) is 5.75 Å². The number of nitrogens with one attached hydrogen (secondary N) is 1. The van der Waals surface area contributed by atoms with Crippen molar-refractivity contribution in [1.29, 1.82) is 0 Å². The van der Waals surface area contributed by atoms with Crippen molar-refractivity contribution in [1.82, 2.24) is 4.31 Å². The Morgan fingerprint density at radius 3 is 1.81 bits per heavy atom. The van der Waals surface area contributed by atoms with Crippen LogP contribution in [-0.2, 0) is 20.0 Å². The van der Waals surface area contributed by atoms with Gasteiger partial charge in [-0.25, -0.2) is 16.8 Å². The van der Waals surface area contributed by atoms with E-state index < -0.39 is 20.0 Å². The molecule has 0 bridgehead atoms. The molecule has 0 spiro atoms. The second kappa shape index (κ2) is 8.73. The molecule has 0 amide bonds. The fourth-order valence-electron chi connectivity index (χ4n) is 2.50.